The molecule has 6 nitrogen and oxygen atoms in total. The zero-order valence-electron chi connectivity index (χ0n) is 13.2. The summed E-state index contributed by atoms with van der Waals surface area (Å²) in [6, 6.07) is 0. The van der Waals surface area contributed by atoms with Gasteiger partial charge in [-0.1, -0.05) is 0 Å². The van der Waals surface area contributed by atoms with Gasteiger partial charge < -0.3 is 15.3 Å². The molecule has 0 saturated carbocycles. The van der Waals surface area contributed by atoms with E-state index in [1.165, 1.54) is 12.0 Å². The van der Waals surface area contributed by atoms with E-state index < -0.39 is 22.6 Å². The third kappa shape index (κ3) is 3.12. The number of esters is 1. The number of piperidine rings is 1. The molecule has 6 heteroatoms. The summed E-state index contributed by atoms with van der Waals surface area (Å²) in [6.07, 6.45) is 0.580. The van der Waals surface area contributed by atoms with Gasteiger partial charge in [0.25, 0.3) is 0 Å². The lowest BCUT2D eigenvalue weighted by Gasteiger charge is -2.55. The van der Waals surface area contributed by atoms with E-state index in [4.69, 9.17) is 4.74 Å². The molecule has 0 bridgehead atoms. The number of rotatable bonds is 3. The maximum atomic E-state index is 12.4. The number of nitrogens with zero attached hydrogens (tertiary/aromatic N) is 1. The van der Waals surface area contributed by atoms with Gasteiger partial charge in [-0.25, -0.2) is 4.79 Å². The summed E-state index contributed by atoms with van der Waals surface area (Å²) < 4.78 is 5.15. The number of hydrogen-bond donors (Lipinski definition) is 2. The fourth-order valence-corrected chi connectivity index (χ4v) is 3.40. The summed E-state index contributed by atoms with van der Waals surface area (Å²) in [7, 11) is 0. The molecule has 0 radical (unpaired) electrons. The van der Waals surface area contributed by atoms with Crippen molar-refractivity contribution in [2.45, 2.75) is 71.0 Å². The van der Waals surface area contributed by atoms with Crippen molar-refractivity contribution in [2.24, 2.45) is 0 Å². The van der Waals surface area contributed by atoms with E-state index in [1.54, 1.807) is 6.92 Å². The van der Waals surface area contributed by atoms with Gasteiger partial charge in [-0.2, -0.15) is 5.06 Å². The maximum Gasteiger partial charge on any atom is 0.331 e. The quantitative estimate of drug-likeness (QED) is 0.768. The van der Waals surface area contributed by atoms with Crippen LogP contribution in [0.5, 0.6) is 0 Å². The highest BCUT2D eigenvalue weighted by Crippen LogP contribution is 2.42. The van der Waals surface area contributed by atoms with Gasteiger partial charge in [0.2, 0.25) is 5.91 Å². The second-order valence-corrected chi connectivity index (χ2v) is 6.77. The van der Waals surface area contributed by atoms with Gasteiger partial charge in [-0.15, -0.1) is 0 Å². The highest BCUT2D eigenvalue weighted by molar-refractivity contribution is 5.87. The molecule has 0 aromatic rings. The van der Waals surface area contributed by atoms with Gasteiger partial charge in [0.05, 0.1) is 6.61 Å². The number of nitrogens with one attached hydrogen (secondary N) is 1. The third-order valence-electron chi connectivity index (χ3n) is 3.70. The lowest BCUT2D eigenvalue weighted by molar-refractivity contribution is -0.256. The Morgan fingerprint density at radius 2 is 1.65 bits per heavy atom. The van der Waals surface area contributed by atoms with Gasteiger partial charge in [0, 0.05) is 30.8 Å². The van der Waals surface area contributed by atoms with Crippen LogP contribution >= 0.6 is 0 Å². The Labute approximate surface area is 120 Å². The zero-order chi connectivity index (χ0) is 15.8. The molecule has 0 spiro atoms. The minimum absolute atomic E-state index is 0.254. The zero-order valence-corrected chi connectivity index (χ0v) is 13.2. The predicted molar refractivity (Wildman–Crippen MR) is 74.2 cm³/mol. The molecule has 1 aliphatic rings. The number of carbonyl (C=O) groups is 2. The second-order valence-electron chi connectivity index (χ2n) is 6.77. The van der Waals surface area contributed by atoms with Crippen molar-refractivity contribution in [3.63, 3.8) is 0 Å². The van der Waals surface area contributed by atoms with Crippen molar-refractivity contribution in [1.29, 1.82) is 0 Å². The van der Waals surface area contributed by atoms with Gasteiger partial charge in [0.1, 0.15) is 5.54 Å². The molecule has 1 fully saturated rings. The third-order valence-corrected chi connectivity index (χ3v) is 3.70. The SMILES string of the molecule is CCOC(=O)C1(NC(C)=O)CC(C)(C)N(O)C(C)(C)C1. The van der Waals surface area contributed by atoms with Crippen LogP contribution in [0, 0.1) is 0 Å². The molecule has 1 rings (SSSR count). The van der Waals surface area contributed by atoms with Crippen LogP contribution < -0.4 is 5.32 Å². The van der Waals surface area contributed by atoms with E-state index in [2.05, 4.69) is 5.32 Å². The number of amides is 1. The second kappa shape index (κ2) is 5.33. The molecule has 1 heterocycles. The molecule has 0 atom stereocenters. The van der Waals surface area contributed by atoms with Crippen molar-refractivity contribution in [1.82, 2.24) is 10.4 Å². The average Bonchev–Trinajstić information content (AvgIpc) is 2.24. The van der Waals surface area contributed by atoms with Crippen LogP contribution in [0.3, 0.4) is 0 Å². The van der Waals surface area contributed by atoms with Crippen LogP contribution in [0.1, 0.15) is 54.4 Å². The Kier molecular flexibility index (Phi) is 4.51. The van der Waals surface area contributed by atoms with Crippen LogP contribution in [0.25, 0.3) is 0 Å². The van der Waals surface area contributed by atoms with Gasteiger partial charge in [-0.3, -0.25) is 4.79 Å². The van der Waals surface area contributed by atoms with Gasteiger partial charge >= 0.3 is 5.97 Å². The van der Waals surface area contributed by atoms with Crippen LogP contribution in [0.2, 0.25) is 0 Å². The molecule has 1 aliphatic heterocycles. The molecule has 1 saturated heterocycles. The molecule has 1 amide bonds. The van der Waals surface area contributed by atoms with Crippen molar-refractivity contribution >= 4 is 11.9 Å². The molecule has 20 heavy (non-hydrogen) atoms. The normalized spacial score (nSPS) is 23.9. The summed E-state index contributed by atoms with van der Waals surface area (Å²) in [6.45, 7) is 10.7. The lowest BCUT2D eigenvalue weighted by Crippen LogP contribution is -2.71. The van der Waals surface area contributed by atoms with E-state index >= 15 is 0 Å². The van der Waals surface area contributed by atoms with Gasteiger partial charge in [0.15, 0.2) is 0 Å². The Bertz CT molecular complexity index is 386. The van der Waals surface area contributed by atoms with Gasteiger partial charge in [-0.05, 0) is 34.6 Å². The molecule has 0 aliphatic carbocycles. The van der Waals surface area contributed by atoms with E-state index in [-0.39, 0.29) is 12.5 Å². The molecule has 2 N–H and O–H groups in total. The monoisotopic (exact) mass is 286 g/mol. The Balaban J connectivity index is 3.23. The van der Waals surface area contributed by atoms with Crippen molar-refractivity contribution in [2.75, 3.05) is 6.61 Å². The molecule has 116 valence electrons. The number of hydrogen-bond acceptors (Lipinski definition) is 5. The van der Waals surface area contributed by atoms with Crippen LogP contribution in [0.4, 0.5) is 0 Å². The maximum absolute atomic E-state index is 12.4. The summed E-state index contributed by atoms with van der Waals surface area (Å²) in [5.41, 5.74) is -2.41. The van der Waals surface area contributed by atoms with E-state index in [0.29, 0.717) is 12.8 Å². The number of hydroxylamine groups is 2. The van der Waals surface area contributed by atoms with Crippen LogP contribution in [-0.4, -0.2) is 45.4 Å². The van der Waals surface area contributed by atoms with Crippen molar-refractivity contribution < 1.29 is 19.5 Å². The molecule has 0 unspecified atom stereocenters. The molecule has 0 aromatic carbocycles. The largest absolute Gasteiger partial charge is 0.464 e. The van der Waals surface area contributed by atoms with Crippen LogP contribution in [0.15, 0.2) is 0 Å². The fourth-order valence-electron chi connectivity index (χ4n) is 3.40. The smallest absolute Gasteiger partial charge is 0.331 e. The minimum Gasteiger partial charge on any atom is -0.464 e. The first-order chi connectivity index (χ1) is 8.97. The first-order valence-corrected chi connectivity index (χ1v) is 6.92. The van der Waals surface area contributed by atoms with E-state index in [1.807, 2.05) is 27.7 Å². The van der Waals surface area contributed by atoms with Crippen molar-refractivity contribution in [3.8, 4) is 0 Å². The fraction of sp³-hybridized carbons (Fsp3) is 0.857. The standard InChI is InChI=1S/C14H26N2O4/c1-7-20-11(18)14(15-10(2)17)8-12(3,4)16(19)13(5,6)9-14/h19H,7-9H2,1-6H3,(H,15,17). The highest BCUT2D eigenvalue weighted by atomic mass is 16.5. The predicted octanol–water partition coefficient (Wildman–Crippen LogP) is 1.47. The summed E-state index contributed by atoms with van der Waals surface area (Å²) in [4.78, 5) is 23.9. The summed E-state index contributed by atoms with van der Waals surface area (Å²) >= 11 is 0. The Morgan fingerprint density at radius 1 is 1.20 bits per heavy atom. The number of carbonyl (C=O) groups excluding carboxylic acids is 2. The van der Waals surface area contributed by atoms with Crippen molar-refractivity contribution in [3.05, 3.63) is 0 Å². The highest BCUT2D eigenvalue weighted by Gasteiger charge is 2.57. The van der Waals surface area contributed by atoms with E-state index in [0.717, 1.165) is 0 Å². The first-order valence-electron chi connectivity index (χ1n) is 6.92. The minimum atomic E-state index is -1.10. The summed E-state index contributed by atoms with van der Waals surface area (Å²) in [5.74, 6) is -0.722. The molecular formula is C14H26N2O4. The molecular weight excluding hydrogens is 260 g/mol. The summed E-state index contributed by atoms with van der Waals surface area (Å²) in [5, 5.41) is 14.3. The average molecular weight is 286 g/mol. The van der Waals surface area contributed by atoms with E-state index in [9.17, 15) is 14.8 Å². The van der Waals surface area contributed by atoms with Crippen LogP contribution in [-0.2, 0) is 14.3 Å². The Hall–Kier alpha value is -1.14. The number of ether oxygens (including phenoxy) is 1. The lowest BCUT2D eigenvalue weighted by atomic mass is 9.70. The topological polar surface area (TPSA) is 78.9 Å². The molecule has 0 aromatic heterocycles. The first kappa shape index (κ1) is 16.9. The Morgan fingerprint density at radius 3 is 2.00 bits per heavy atom.